The van der Waals surface area contributed by atoms with Crippen LogP contribution in [0.2, 0.25) is 0 Å². The first-order valence-corrected chi connectivity index (χ1v) is 5.01. The summed E-state index contributed by atoms with van der Waals surface area (Å²) in [6.07, 6.45) is 5.49. The fourth-order valence-corrected chi connectivity index (χ4v) is 1.60. The van der Waals surface area contributed by atoms with Gasteiger partial charge in [-0.15, -0.1) is 0 Å². The third-order valence-corrected chi connectivity index (χ3v) is 2.89. The van der Waals surface area contributed by atoms with Crippen molar-refractivity contribution in [3.05, 3.63) is 12.2 Å². The number of rotatable bonds is 4. The van der Waals surface area contributed by atoms with Crippen molar-refractivity contribution in [2.24, 2.45) is 0 Å². The first-order chi connectivity index (χ1) is 4.93. The van der Waals surface area contributed by atoms with E-state index in [1.807, 2.05) is 11.8 Å². The zero-order chi connectivity index (χ0) is 7.23. The fourth-order valence-electron chi connectivity index (χ4n) is 0.891. The van der Waals surface area contributed by atoms with Crippen LogP contribution in [0.4, 0.5) is 0 Å². The molecule has 1 nitrogen and oxygen atoms in total. The number of hydrogen-bond donors (Lipinski definition) is 1. The first-order valence-electron chi connectivity index (χ1n) is 3.86. The lowest BCUT2D eigenvalue weighted by Crippen LogP contribution is -2.40. The maximum Gasteiger partial charge on any atom is 0.0248 e. The van der Waals surface area contributed by atoms with E-state index >= 15 is 0 Å². The molecule has 0 radical (unpaired) electrons. The van der Waals surface area contributed by atoms with Crippen molar-refractivity contribution in [2.75, 3.05) is 18.1 Å². The van der Waals surface area contributed by atoms with Crippen molar-refractivity contribution in [1.82, 2.24) is 5.32 Å². The standard InChI is InChI=1S/C8H15NS/c1-2-3-4-5-9-8-6-10-7-8/h2-3,8-9H,4-7H2,1H3/b3-2+. The highest BCUT2D eigenvalue weighted by Crippen LogP contribution is 2.16. The molecule has 0 unspecified atom stereocenters. The van der Waals surface area contributed by atoms with Gasteiger partial charge in [0, 0.05) is 17.5 Å². The van der Waals surface area contributed by atoms with Crippen molar-refractivity contribution < 1.29 is 0 Å². The number of hydrogen-bond acceptors (Lipinski definition) is 2. The van der Waals surface area contributed by atoms with E-state index in [-0.39, 0.29) is 0 Å². The Kier molecular flexibility index (Phi) is 3.91. The van der Waals surface area contributed by atoms with Gasteiger partial charge < -0.3 is 5.32 Å². The molecule has 0 saturated carbocycles. The minimum Gasteiger partial charge on any atom is -0.312 e. The molecule has 1 heterocycles. The lowest BCUT2D eigenvalue weighted by molar-refractivity contribution is 0.589. The van der Waals surface area contributed by atoms with Gasteiger partial charge in [-0.3, -0.25) is 0 Å². The van der Waals surface area contributed by atoms with Crippen molar-refractivity contribution >= 4 is 11.8 Å². The van der Waals surface area contributed by atoms with Crippen LogP contribution in [0.5, 0.6) is 0 Å². The second kappa shape index (κ2) is 4.80. The van der Waals surface area contributed by atoms with E-state index in [9.17, 15) is 0 Å². The molecule has 0 spiro atoms. The monoisotopic (exact) mass is 157 g/mol. The normalized spacial score (nSPS) is 19.7. The largest absolute Gasteiger partial charge is 0.312 e. The Bertz CT molecular complexity index is 108. The molecule has 0 aromatic heterocycles. The predicted molar refractivity (Wildman–Crippen MR) is 48.5 cm³/mol. The summed E-state index contributed by atoms with van der Waals surface area (Å²) in [7, 11) is 0. The summed E-state index contributed by atoms with van der Waals surface area (Å²) < 4.78 is 0. The summed E-state index contributed by atoms with van der Waals surface area (Å²) in [6, 6.07) is 0.815. The highest BCUT2D eigenvalue weighted by molar-refractivity contribution is 8.00. The van der Waals surface area contributed by atoms with E-state index in [2.05, 4.69) is 24.4 Å². The van der Waals surface area contributed by atoms with Crippen LogP contribution in [0.1, 0.15) is 13.3 Å². The molecule has 10 heavy (non-hydrogen) atoms. The molecule has 1 N–H and O–H groups in total. The molecule has 0 atom stereocenters. The van der Waals surface area contributed by atoms with E-state index in [0.717, 1.165) is 12.6 Å². The quantitative estimate of drug-likeness (QED) is 0.492. The van der Waals surface area contributed by atoms with E-state index in [0.29, 0.717) is 0 Å². The van der Waals surface area contributed by atoms with Crippen LogP contribution in [-0.2, 0) is 0 Å². The van der Waals surface area contributed by atoms with Gasteiger partial charge in [0.2, 0.25) is 0 Å². The zero-order valence-electron chi connectivity index (χ0n) is 6.47. The molecule has 0 aromatic rings. The Hall–Kier alpha value is 0.0500. The SMILES string of the molecule is C/C=C/CCNC1CSC1. The average Bonchev–Trinajstić information content (AvgIpc) is 1.84. The molecule has 0 aliphatic carbocycles. The maximum absolute atomic E-state index is 3.48. The van der Waals surface area contributed by atoms with Crippen LogP contribution in [0.15, 0.2) is 12.2 Å². The van der Waals surface area contributed by atoms with Gasteiger partial charge in [0.1, 0.15) is 0 Å². The van der Waals surface area contributed by atoms with Crippen LogP contribution in [0.3, 0.4) is 0 Å². The second-order valence-corrected chi connectivity index (χ2v) is 3.62. The number of nitrogens with one attached hydrogen (secondary N) is 1. The third-order valence-electron chi connectivity index (χ3n) is 1.62. The predicted octanol–water partition coefficient (Wildman–Crippen LogP) is 1.66. The molecule has 1 aliphatic rings. The average molecular weight is 157 g/mol. The molecule has 0 bridgehead atoms. The Morgan fingerprint density at radius 1 is 1.60 bits per heavy atom. The fraction of sp³-hybridized carbons (Fsp3) is 0.750. The van der Waals surface area contributed by atoms with Gasteiger partial charge in [-0.2, -0.15) is 11.8 Å². The van der Waals surface area contributed by atoms with Crippen molar-refractivity contribution in [3.63, 3.8) is 0 Å². The van der Waals surface area contributed by atoms with Gasteiger partial charge in [-0.05, 0) is 19.9 Å². The van der Waals surface area contributed by atoms with Crippen LogP contribution < -0.4 is 5.32 Å². The van der Waals surface area contributed by atoms with Gasteiger partial charge in [0.05, 0.1) is 0 Å². The minimum absolute atomic E-state index is 0.815. The lowest BCUT2D eigenvalue weighted by Gasteiger charge is -2.25. The molecule has 1 rings (SSSR count). The van der Waals surface area contributed by atoms with Crippen molar-refractivity contribution in [1.29, 1.82) is 0 Å². The summed E-state index contributed by atoms with van der Waals surface area (Å²) in [5.74, 6) is 2.63. The molecule has 1 aliphatic heterocycles. The third kappa shape index (κ3) is 2.76. The first kappa shape index (κ1) is 8.15. The molecule has 2 heteroatoms. The van der Waals surface area contributed by atoms with Gasteiger partial charge in [-0.1, -0.05) is 12.2 Å². The van der Waals surface area contributed by atoms with Crippen LogP contribution in [0.25, 0.3) is 0 Å². The molecule has 0 aromatic carbocycles. The van der Waals surface area contributed by atoms with Gasteiger partial charge in [0.15, 0.2) is 0 Å². The summed E-state index contributed by atoms with van der Waals surface area (Å²) >= 11 is 2.03. The van der Waals surface area contributed by atoms with E-state index < -0.39 is 0 Å². The number of allylic oxidation sites excluding steroid dienone is 1. The zero-order valence-corrected chi connectivity index (χ0v) is 7.29. The molecule has 1 saturated heterocycles. The minimum atomic E-state index is 0.815. The molecular formula is C8H15NS. The van der Waals surface area contributed by atoms with Crippen LogP contribution >= 0.6 is 11.8 Å². The van der Waals surface area contributed by atoms with Crippen LogP contribution in [0, 0.1) is 0 Å². The Morgan fingerprint density at radius 3 is 2.90 bits per heavy atom. The Morgan fingerprint density at radius 2 is 2.40 bits per heavy atom. The Labute approximate surface area is 67.3 Å². The van der Waals surface area contributed by atoms with Crippen LogP contribution in [-0.4, -0.2) is 24.1 Å². The van der Waals surface area contributed by atoms with Crippen molar-refractivity contribution in [3.8, 4) is 0 Å². The van der Waals surface area contributed by atoms with E-state index in [1.165, 1.54) is 17.9 Å². The lowest BCUT2D eigenvalue weighted by atomic mass is 10.3. The summed E-state index contributed by atoms with van der Waals surface area (Å²) in [5, 5.41) is 3.48. The second-order valence-electron chi connectivity index (χ2n) is 2.55. The molecule has 0 amide bonds. The van der Waals surface area contributed by atoms with E-state index in [4.69, 9.17) is 0 Å². The summed E-state index contributed by atoms with van der Waals surface area (Å²) in [4.78, 5) is 0. The number of thioether (sulfide) groups is 1. The molecular weight excluding hydrogens is 142 g/mol. The summed E-state index contributed by atoms with van der Waals surface area (Å²) in [5.41, 5.74) is 0. The Balaban J connectivity index is 1.85. The summed E-state index contributed by atoms with van der Waals surface area (Å²) in [6.45, 7) is 3.22. The van der Waals surface area contributed by atoms with Crippen molar-refractivity contribution in [2.45, 2.75) is 19.4 Å². The van der Waals surface area contributed by atoms with Gasteiger partial charge >= 0.3 is 0 Å². The smallest absolute Gasteiger partial charge is 0.0248 e. The molecule has 58 valence electrons. The van der Waals surface area contributed by atoms with E-state index in [1.54, 1.807) is 0 Å². The molecule has 1 fully saturated rings. The van der Waals surface area contributed by atoms with Gasteiger partial charge in [0.25, 0.3) is 0 Å². The highest BCUT2D eigenvalue weighted by Gasteiger charge is 2.15. The van der Waals surface area contributed by atoms with Gasteiger partial charge in [-0.25, -0.2) is 0 Å². The topological polar surface area (TPSA) is 12.0 Å². The maximum atomic E-state index is 3.48. The highest BCUT2D eigenvalue weighted by atomic mass is 32.2.